The predicted octanol–water partition coefficient (Wildman–Crippen LogP) is 1.70. The van der Waals surface area contributed by atoms with Gasteiger partial charge in [0.2, 0.25) is 0 Å². The van der Waals surface area contributed by atoms with Gasteiger partial charge in [0.1, 0.15) is 0 Å². The van der Waals surface area contributed by atoms with Crippen LogP contribution in [0.3, 0.4) is 0 Å². The molecular weight excluding hydrogens is 234 g/mol. The van der Waals surface area contributed by atoms with Crippen LogP contribution in [0, 0.1) is 11.3 Å². The number of rotatable bonds is 1. The lowest BCUT2D eigenvalue weighted by molar-refractivity contribution is 0.0998. The van der Waals surface area contributed by atoms with Crippen molar-refractivity contribution >= 4 is 17.2 Å². The molecule has 84 valence electrons. The highest BCUT2D eigenvalue weighted by Crippen LogP contribution is 2.04. The lowest BCUT2D eigenvalue weighted by atomic mass is 10.1. The van der Waals surface area contributed by atoms with Gasteiger partial charge < -0.3 is 4.57 Å². The lowest BCUT2D eigenvalue weighted by Crippen LogP contribution is -2.12. The van der Waals surface area contributed by atoms with Crippen molar-refractivity contribution in [3.05, 3.63) is 51.8 Å². The number of hydrogen-bond donors (Lipinski definition) is 0. The predicted molar refractivity (Wildman–Crippen MR) is 64.3 cm³/mol. The third-order valence-corrected chi connectivity index (χ3v) is 3.07. The van der Waals surface area contributed by atoms with E-state index in [-0.39, 0.29) is 5.91 Å². The van der Waals surface area contributed by atoms with Crippen molar-refractivity contribution < 1.29 is 4.79 Å². The van der Waals surface area contributed by atoms with Gasteiger partial charge in [0.25, 0.3) is 5.91 Å². The number of carbonyl (C=O) groups excluding carboxylic acids is 1. The maximum atomic E-state index is 11.8. The summed E-state index contributed by atoms with van der Waals surface area (Å²) in [6.45, 7) is 0. The summed E-state index contributed by atoms with van der Waals surface area (Å²) in [6, 6.07) is 8.44. The highest BCUT2D eigenvalue weighted by atomic mass is 32.1. The minimum absolute atomic E-state index is 0.299. The van der Waals surface area contributed by atoms with Gasteiger partial charge in [-0.25, -0.2) is 0 Å². The Hall–Kier alpha value is -2.19. The van der Waals surface area contributed by atoms with Crippen molar-refractivity contribution in [3.63, 3.8) is 0 Å². The fourth-order valence-corrected chi connectivity index (χ4v) is 2.00. The zero-order valence-corrected chi connectivity index (χ0v) is 9.94. The van der Waals surface area contributed by atoms with Gasteiger partial charge in [-0.3, -0.25) is 4.79 Å². The molecule has 0 saturated heterocycles. The third-order valence-electron chi connectivity index (χ3n) is 2.22. The Morgan fingerprint density at radius 3 is 2.65 bits per heavy atom. The Kier molecular flexibility index (Phi) is 3.17. The molecule has 1 aromatic carbocycles. The first kappa shape index (κ1) is 11.3. The average molecular weight is 243 g/mol. The summed E-state index contributed by atoms with van der Waals surface area (Å²) in [5, 5.41) is 10.5. The van der Waals surface area contributed by atoms with Crippen LogP contribution in [-0.4, -0.2) is 10.5 Å². The summed E-state index contributed by atoms with van der Waals surface area (Å²) in [6.07, 6.45) is 1.84. The molecule has 2 rings (SSSR count). The Labute approximate surface area is 102 Å². The maximum Gasteiger partial charge on any atom is 0.279 e. The van der Waals surface area contributed by atoms with Gasteiger partial charge in [-0.1, -0.05) is 0 Å². The molecular formula is C12H9N3OS. The summed E-state index contributed by atoms with van der Waals surface area (Å²) >= 11 is 1.40. The minimum atomic E-state index is -0.299. The molecule has 1 aromatic heterocycles. The summed E-state index contributed by atoms with van der Waals surface area (Å²) in [4.78, 5) is 16.5. The monoisotopic (exact) mass is 243 g/mol. The summed E-state index contributed by atoms with van der Waals surface area (Å²) in [5.41, 5.74) is 1.01. The van der Waals surface area contributed by atoms with Crippen LogP contribution in [0.2, 0.25) is 0 Å². The topological polar surface area (TPSA) is 58.1 Å². The number of nitriles is 1. The molecule has 0 aliphatic rings. The number of amides is 1. The molecule has 4 nitrogen and oxygen atoms in total. The number of aromatic nitrogens is 1. The van der Waals surface area contributed by atoms with Crippen LogP contribution in [0.25, 0.3) is 0 Å². The summed E-state index contributed by atoms with van der Waals surface area (Å²) in [7, 11) is 1.83. The molecule has 0 N–H and O–H groups in total. The zero-order chi connectivity index (χ0) is 12.3. The molecule has 5 heteroatoms. The second kappa shape index (κ2) is 4.76. The van der Waals surface area contributed by atoms with Gasteiger partial charge in [0.05, 0.1) is 11.6 Å². The zero-order valence-electron chi connectivity index (χ0n) is 9.12. The van der Waals surface area contributed by atoms with Crippen LogP contribution >= 0.6 is 11.3 Å². The smallest absolute Gasteiger partial charge is 0.279 e. The van der Waals surface area contributed by atoms with E-state index in [2.05, 4.69) is 4.99 Å². The Bertz CT molecular complexity index is 643. The van der Waals surface area contributed by atoms with Crippen LogP contribution in [-0.2, 0) is 7.05 Å². The van der Waals surface area contributed by atoms with Crippen LogP contribution in [0.5, 0.6) is 0 Å². The van der Waals surface area contributed by atoms with Gasteiger partial charge in [-0.2, -0.15) is 10.3 Å². The SMILES string of the molecule is Cn1ccsc1=NC(=O)c1ccc(C#N)cc1. The van der Waals surface area contributed by atoms with Crippen molar-refractivity contribution in [2.24, 2.45) is 12.0 Å². The van der Waals surface area contributed by atoms with Crippen molar-refractivity contribution in [1.29, 1.82) is 5.26 Å². The highest BCUT2D eigenvalue weighted by Gasteiger charge is 2.04. The summed E-state index contributed by atoms with van der Waals surface area (Å²) in [5.74, 6) is -0.299. The van der Waals surface area contributed by atoms with E-state index in [4.69, 9.17) is 5.26 Å². The molecule has 0 aliphatic carbocycles. The van der Waals surface area contributed by atoms with E-state index in [9.17, 15) is 4.79 Å². The van der Waals surface area contributed by atoms with E-state index in [1.807, 2.05) is 24.7 Å². The number of carbonyl (C=O) groups is 1. The first-order chi connectivity index (χ1) is 8.20. The van der Waals surface area contributed by atoms with E-state index < -0.39 is 0 Å². The van der Waals surface area contributed by atoms with E-state index in [0.29, 0.717) is 15.9 Å². The maximum absolute atomic E-state index is 11.8. The van der Waals surface area contributed by atoms with Crippen molar-refractivity contribution in [2.75, 3.05) is 0 Å². The Morgan fingerprint density at radius 1 is 1.41 bits per heavy atom. The first-order valence-electron chi connectivity index (χ1n) is 4.90. The van der Waals surface area contributed by atoms with E-state index in [1.54, 1.807) is 28.8 Å². The van der Waals surface area contributed by atoms with Crippen molar-refractivity contribution in [1.82, 2.24) is 4.57 Å². The number of hydrogen-bond acceptors (Lipinski definition) is 3. The number of nitrogens with zero attached hydrogens (tertiary/aromatic N) is 3. The molecule has 17 heavy (non-hydrogen) atoms. The molecule has 0 aliphatic heterocycles. The van der Waals surface area contributed by atoms with Gasteiger partial charge in [-0.05, 0) is 24.3 Å². The van der Waals surface area contributed by atoms with Crippen LogP contribution in [0.15, 0.2) is 40.8 Å². The van der Waals surface area contributed by atoms with Crippen LogP contribution < -0.4 is 4.80 Å². The fourth-order valence-electron chi connectivity index (χ4n) is 1.27. The molecule has 0 spiro atoms. The normalized spacial score (nSPS) is 11.2. The second-order valence-corrected chi connectivity index (χ2v) is 4.28. The fraction of sp³-hybridized carbons (Fsp3) is 0.0833. The molecule has 0 unspecified atom stereocenters. The van der Waals surface area contributed by atoms with Crippen molar-refractivity contribution in [3.8, 4) is 6.07 Å². The van der Waals surface area contributed by atoms with E-state index >= 15 is 0 Å². The highest BCUT2D eigenvalue weighted by molar-refractivity contribution is 7.07. The summed E-state index contributed by atoms with van der Waals surface area (Å²) < 4.78 is 1.78. The van der Waals surface area contributed by atoms with Crippen LogP contribution in [0.1, 0.15) is 15.9 Å². The lowest BCUT2D eigenvalue weighted by Gasteiger charge is -1.95. The first-order valence-corrected chi connectivity index (χ1v) is 5.78. The number of benzene rings is 1. The molecule has 0 fully saturated rings. The second-order valence-electron chi connectivity index (χ2n) is 3.40. The third kappa shape index (κ3) is 2.49. The van der Waals surface area contributed by atoms with Crippen molar-refractivity contribution in [2.45, 2.75) is 0 Å². The van der Waals surface area contributed by atoms with Gasteiger partial charge in [0, 0.05) is 24.2 Å². The van der Waals surface area contributed by atoms with E-state index in [1.165, 1.54) is 11.3 Å². The molecule has 0 radical (unpaired) electrons. The molecule has 2 aromatic rings. The number of thiazole rings is 1. The molecule has 1 heterocycles. The van der Waals surface area contributed by atoms with Crippen LogP contribution in [0.4, 0.5) is 0 Å². The number of aryl methyl sites for hydroxylation is 1. The van der Waals surface area contributed by atoms with Gasteiger partial charge >= 0.3 is 0 Å². The molecule has 0 saturated carbocycles. The molecule has 0 atom stereocenters. The molecule has 1 amide bonds. The standard InChI is InChI=1S/C12H9N3OS/c1-15-6-7-17-12(15)14-11(16)10-4-2-9(8-13)3-5-10/h2-7H,1H3. The average Bonchev–Trinajstić information content (AvgIpc) is 2.75. The largest absolute Gasteiger partial charge is 0.327 e. The van der Waals surface area contributed by atoms with E-state index in [0.717, 1.165) is 0 Å². The Morgan fingerprint density at radius 2 is 2.12 bits per heavy atom. The minimum Gasteiger partial charge on any atom is -0.327 e. The Balaban J connectivity index is 2.33. The molecule has 0 bridgehead atoms. The quantitative estimate of drug-likeness (QED) is 0.765. The van der Waals surface area contributed by atoms with Gasteiger partial charge in [0.15, 0.2) is 4.80 Å². The van der Waals surface area contributed by atoms with Gasteiger partial charge in [-0.15, -0.1) is 11.3 Å².